The number of thiocarbonyl (C=S) groups is 1. The third kappa shape index (κ3) is 2.02. The van der Waals surface area contributed by atoms with Crippen molar-refractivity contribution >= 4 is 23.2 Å². The topological polar surface area (TPSA) is 102 Å². The molecular weight excluding hydrogens is 378 g/mol. The lowest BCUT2D eigenvalue weighted by atomic mass is 9.75. The summed E-state index contributed by atoms with van der Waals surface area (Å²) in [6.45, 7) is 0. The highest BCUT2D eigenvalue weighted by molar-refractivity contribution is 7.80. The molecule has 0 fully saturated rings. The van der Waals surface area contributed by atoms with E-state index in [-0.39, 0.29) is 22.2 Å². The van der Waals surface area contributed by atoms with Crippen molar-refractivity contribution in [2.45, 2.75) is 5.60 Å². The fraction of sp³-hybridized carbons (Fsp3) is 0.0476. The van der Waals surface area contributed by atoms with Crippen molar-refractivity contribution in [3.8, 4) is 23.0 Å². The van der Waals surface area contributed by atoms with E-state index in [9.17, 15) is 15.0 Å². The molecule has 2 aliphatic rings. The molecule has 28 heavy (non-hydrogen) atoms. The molecule has 7 heteroatoms. The molecule has 1 spiro atoms. The molecule has 5 rings (SSSR count). The van der Waals surface area contributed by atoms with Gasteiger partial charge in [0.25, 0.3) is 0 Å². The van der Waals surface area contributed by atoms with Crippen molar-refractivity contribution < 1.29 is 24.5 Å². The van der Waals surface area contributed by atoms with E-state index in [0.717, 1.165) is 0 Å². The number of benzene rings is 3. The molecule has 4 N–H and O–H groups in total. The minimum atomic E-state index is -1.36. The molecule has 0 bridgehead atoms. The van der Waals surface area contributed by atoms with Gasteiger partial charge in [-0.2, -0.15) is 0 Å². The minimum Gasteiger partial charge on any atom is -0.508 e. The predicted molar refractivity (Wildman–Crippen MR) is 104 cm³/mol. The number of rotatable bonds is 1. The number of esters is 1. The number of ether oxygens (including phenoxy) is 2. The summed E-state index contributed by atoms with van der Waals surface area (Å²) in [7, 11) is 0. The summed E-state index contributed by atoms with van der Waals surface area (Å²) in [5, 5.41) is 20.1. The van der Waals surface area contributed by atoms with Gasteiger partial charge in [0, 0.05) is 28.8 Å². The number of phenolic OH excluding ortho intramolecular Hbond substituents is 2. The number of hydrogen-bond donors (Lipinski definition) is 3. The summed E-state index contributed by atoms with van der Waals surface area (Å²) >= 11 is 5.20. The van der Waals surface area contributed by atoms with Gasteiger partial charge in [-0.05, 0) is 24.3 Å². The van der Waals surface area contributed by atoms with E-state index in [1.54, 1.807) is 30.3 Å². The highest BCUT2D eigenvalue weighted by atomic mass is 32.1. The van der Waals surface area contributed by atoms with E-state index in [0.29, 0.717) is 33.6 Å². The summed E-state index contributed by atoms with van der Waals surface area (Å²) in [5.74, 6) is -0.0612. The van der Waals surface area contributed by atoms with E-state index in [1.807, 2.05) is 0 Å². The SMILES string of the molecule is NC(=S)c1cc(O)cc2c1C1(OC(=O)c3ccccc31)c1ccc(O)cc1O2. The smallest absolute Gasteiger partial charge is 0.340 e. The molecule has 2 aliphatic heterocycles. The largest absolute Gasteiger partial charge is 0.508 e. The fourth-order valence-corrected chi connectivity index (χ4v) is 4.14. The lowest BCUT2D eigenvalue weighted by Crippen LogP contribution is -2.35. The van der Waals surface area contributed by atoms with Crippen molar-refractivity contribution in [3.05, 3.63) is 82.4 Å². The minimum absolute atomic E-state index is 0.00955. The van der Waals surface area contributed by atoms with E-state index < -0.39 is 11.6 Å². The van der Waals surface area contributed by atoms with E-state index in [1.165, 1.54) is 24.3 Å². The second kappa shape index (κ2) is 5.46. The first kappa shape index (κ1) is 16.6. The van der Waals surface area contributed by atoms with Gasteiger partial charge in [-0.3, -0.25) is 0 Å². The molecule has 0 radical (unpaired) electrons. The number of fused-ring (bicyclic) bond motifs is 6. The lowest BCUT2D eigenvalue weighted by molar-refractivity contribution is 0.0223. The van der Waals surface area contributed by atoms with Crippen molar-refractivity contribution in [2.75, 3.05) is 0 Å². The highest BCUT2D eigenvalue weighted by Crippen LogP contribution is 2.58. The Morgan fingerprint density at radius 3 is 2.50 bits per heavy atom. The predicted octanol–water partition coefficient (Wildman–Crippen LogP) is 3.30. The number of hydrogen-bond acceptors (Lipinski definition) is 6. The molecule has 0 aromatic heterocycles. The van der Waals surface area contributed by atoms with Gasteiger partial charge in [0.1, 0.15) is 28.0 Å². The first-order chi connectivity index (χ1) is 13.4. The van der Waals surface area contributed by atoms with Gasteiger partial charge in [-0.25, -0.2) is 4.79 Å². The molecule has 0 aliphatic carbocycles. The van der Waals surface area contributed by atoms with Crippen LogP contribution in [0.2, 0.25) is 0 Å². The monoisotopic (exact) mass is 391 g/mol. The van der Waals surface area contributed by atoms with Crippen LogP contribution in [0, 0.1) is 0 Å². The number of aromatic hydroxyl groups is 2. The van der Waals surface area contributed by atoms with Crippen LogP contribution >= 0.6 is 12.2 Å². The summed E-state index contributed by atoms with van der Waals surface area (Å²) < 4.78 is 11.9. The molecule has 3 aromatic rings. The molecule has 2 heterocycles. The van der Waals surface area contributed by atoms with Crippen molar-refractivity contribution in [3.63, 3.8) is 0 Å². The van der Waals surface area contributed by atoms with Gasteiger partial charge in [0.05, 0.1) is 11.1 Å². The first-order valence-corrected chi connectivity index (χ1v) is 8.84. The maximum atomic E-state index is 12.7. The van der Waals surface area contributed by atoms with Crippen molar-refractivity contribution in [2.24, 2.45) is 5.73 Å². The van der Waals surface area contributed by atoms with Gasteiger partial charge in [-0.15, -0.1) is 0 Å². The molecule has 3 aromatic carbocycles. The van der Waals surface area contributed by atoms with E-state index in [4.69, 9.17) is 27.4 Å². The Balaban J connectivity index is 1.97. The molecule has 138 valence electrons. The zero-order valence-corrected chi connectivity index (χ0v) is 15.1. The van der Waals surface area contributed by atoms with Crippen molar-refractivity contribution in [1.82, 2.24) is 0 Å². The van der Waals surface area contributed by atoms with Crippen molar-refractivity contribution in [1.29, 1.82) is 0 Å². The standard InChI is InChI=1S/C21H13NO5S/c22-19(28)13-7-11(24)9-17-18(13)21(15-6-5-10(23)8-16(15)26-17)14-4-2-1-3-12(14)20(25)27-21/h1-9,23-24H,(H2,22,28). The molecule has 6 nitrogen and oxygen atoms in total. The lowest BCUT2D eigenvalue weighted by Gasteiger charge is -2.37. The number of carbonyl (C=O) groups excluding carboxylic acids is 1. The van der Waals surface area contributed by atoms with E-state index >= 15 is 0 Å². The Kier molecular flexibility index (Phi) is 3.24. The Hall–Kier alpha value is -3.58. The Labute approximate surface area is 164 Å². The Morgan fingerprint density at radius 2 is 1.71 bits per heavy atom. The van der Waals surface area contributed by atoms with Crippen LogP contribution in [-0.4, -0.2) is 21.2 Å². The quantitative estimate of drug-likeness (QED) is 0.432. The third-order valence-electron chi connectivity index (χ3n) is 5.04. The summed E-state index contributed by atoms with van der Waals surface area (Å²) in [6.07, 6.45) is 0. The molecule has 0 saturated carbocycles. The van der Waals surface area contributed by atoms with E-state index in [2.05, 4.69) is 0 Å². The van der Waals surface area contributed by atoms with Gasteiger partial charge < -0.3 is 25.4 Å². The summed E-state index contributed by atoms with van der Waals surface area (Å²) in [4.78, 5) is 12.8. The van der Waals surface area contributed by atoms with Gasteiger partial charge in [0.2, 0.25) is 0 Å². The summed E-state index contributed by atoms with van der Waals surface area (Å²) in [6, 6.07) is 14.4. The number of phenols is 2. The van der Waals surface area contributed by atoms with Crippen LogP contribution < -0.4 is 10.5 Å². The maximum absolute atomic E-state index is 12.7. The second-order valence-electron chi connectivity index (χ2n) is 6.63. The number of carbonyl (C=O) groups is 1. The average molecular weight is 391 g/mol. The van der Waals surface area contributed by atoms with Crippen LogP contribution in [0.5, 0.6) is 23.0 Å². The van der Waals surface area contributed by atoms with Crippen LogP contribution in [0.3, 0.4) is 0 Å². The van der Waals surface area contributed by atoms with Crippen LogP contribution in [0.1, 0.15) is 32.6 Å². The molecule has 0 amide bonds. The third-order valence-corrected chi connectivity index (χ3v) is 5.26. The second-order valence-corrected chi connectivity index (χ2v) is 7.07. The van der Waals surface area contributed by atoms with Crippen LogP contribution in [0.15, 0.2) is 54.6 Å². The molecule has 1 atom stereocenters. The van der Waals surface area contributed by atoms with Crippen LogP contribution in [-0.2, 0) is 10.3 Å². The van der Waals surface area contributed by atoms with Gasteiger partial charge >= 0.3 is 5.97 Å². The zero-order chi connectivity index (χ0) is 19.6. The van der Waals surface area contributed by atoms with Crippen LogP contribution in [0.4, 0.5) is 0 Å². The Morgan fingerprint density at radius 1 is 0.964 bits per heavy atom. The molecule has 0 saturated heterocycles. The fourth-order valence-electron chi connectivity index (χ4n) is 3.98. The normalized spacial score (nSPS) is 18.6. The summed E-state index contributed by atoms with van der Waals surface area (Å²) in [5.41, 5.74) is 6.91. The number of nitrogens with two attached hydrogens (primary N) is 1. The van der Waals surface area contributed by atoms with Crippen LogP contribution in [0.25, 0.3) is 0 Å². The van der Waals surface area contributed by atoms with Gasteiger partial charge in [-0.1, -0.05) is 30.4 Å². The zero-order valence-electron chi connectivity index (χ0n) is 14.3. The molecule has 1 unspecified atom stereocenters. The Bertz CT molecular complexity index is 1210. The average Bonchev–Trinajstić information content (AvgIpc) is 2.94. The van der Waals surface area contributed by atoms with Gasteiger partial charge in [0.15, 0.2) is 5.60 Å². The molecular formula is C21H13NO5S. The maximum Gasteiger partial charge on any atom is 0.340 e. The highest BCUT2D eigenvalue weighted by Gasteiger charge is 2.54. The first-order valence-electron chi connectivity index (χ1n) is 8.43.